The first-order chi connectivity index (χ1) is 7.24. The van der Waals surface area contributed by atoms with E-state index in [9.17, 15) is 9.59 Å². The summed E-state index contributed by atoms with van der Waals surface area (Å²) in [6, 6.07) is 0. The van der Waals surface area contributed by atoms with E-state index in [1.807, 2.05) is 0 Å². The third-order valence-corrected chi connectivity index (χ3v) is 3.64. The van der Waals surface area contributed by atoms with E-state index in [2.05, 4.69) is 12.2 Å². The van der Waals surface area contributed by atoms with Gasteiger partial charge in [0, 0.05) is 0 Å². The highest BCUT2D eigenvalue weighted by molar-refractivity contribution is 8.15. The minimum absolute atomic E-state index is 0.0986. The van der Waals surface area contributed by atoms with Crippen LogP contribution in [0.15, 0.2) is 0 Å². The maximum Gasteiger partial charge on any atom is 0.286 e. The van der Waals surface area contributed by atoms with Crippen molar-refractivity contribution in [1.29, 1.82) is 0 Å². The van der Waals surface area contributed by atoms with E-state index in [-0.39, 0.29) is 16.4 Å². The van der Waals surface area contributed by atoms with E-state index in [0.29, 0.717) is 0 Å². The number of amides is 2. The molecule has 1 aliphatic heterocycles. The van der Waals surface area contributed by atoms with Gasteiger partial charge in [0.05, 0.1) is 5.25 Å². The van der Waals surface area contributed by atoms with Crippen LogP contribution in [-0.2, 0) is 4.79 Å². The number of nitrogens with one attached hydrogen (secondary N) is 1. The van der Waals surface area contributed by atoms with E-state index < -0.39 is 0 Å². The van der Waals surface area contributed by atoms with Crippen LogP contribution in [0.1, 0.15) is 51.9 Å². The van der Waals surface area contributed by atoms with E-state index in [4.69, 9.17) is 0 Å². The molecule has 1 unspecified atom stereocenters. The molecule has 0 saturated carbocycles. The summed E-state index contributed by atoms with van der Waals surface area (Å²) in [6.07, 6.45) is 8.18. The first kappa shape index (κ1) is 12.6. The molecule has 0 aliphatic carbocycles. The van der Waals surface area contributed by atoms with Gasteiger partial charge in [-0.25, -0.2) is 0 Å². The van der Waals surface area contributed by atoms with Crippen LogP contribution in [-0.4, -0.2) is 16.4 Å². The quantitative estimate of drug-likeness (QED) is 0.682. The minimum atomic E-state index is -0.184. The molecule has 1 fully saturated rings. The number of rotatable bonds is 7. The molecule has 1 atom stereocenters. The predicted octanol–water partition coefficient (Wildman–Crippen LogP) is 3.09. The van der Waals surface area contributed by atoms with Gasteiger partial charge < -0.3 is 0 Å². The second-order valence-electron chi connectivity index (χ2n) is 3.94. The molecule has 4 heteroatoms. The molecular weight excluding hydrogens is 210 g/mol. The topological polar surface area (TPSA) is 46.2 Å². The molecule has 1 aliphatic rings. The number of carbonyl (C=O) groups excluding carboxylic acids is 2. The summed E-state index contributed by atoms with van der Waals surface area (Å²) in [6.45, 7) is 2.20. The van der Waals surface area contributed by atoms with Crippen LogP contribution < -0.4 is 5.32 Å². The summed E-state index contributed by atoms with van der Waals surface area (Å²) < 4.78 is 0. The van der Waals surface area contributed by atoms with Crippen molar-refractivity contribution in [3.8, 4) is 0 Å². The average molecular weight is 229 g/mol. The molecule has 15 heavy (non-hydrogen) atoms. The lowest BCUT2D eigenvalue weighted by atomic mass is 10.1. The molecule has 86 valence electrons. The maximum absolute atomic E-state index is 11.2. The first-order valence-electron chi connectivity index (χ1n) is 5.75. The number of carbonyl (C=O) groups is 2. The smallest absolute Gasteiger partial charge is 0.286 e. The Balaban J connectivity index is 2.00. The maximum atomic E-state index is 11.2. The van der Waals surface area contributed by atoms with Crippen molar-refractivity contribution in [3.63, 3.8) is 0 Å². The van der Waals surface area contributed by atoms with Gasteiger partial charge in [0.2, 0.25) is 5.91 Å². The number of imide groups is 1. The van der Waals surface area contributed by atoms with E-state index >= 15 is 0 Å². The summed E-state index contributed by atoms with van der Waals surface area (Å²) in [4.78, 5) is 22.1. The summed E-state index contributed by atoms with van der Waals surface area (Å²) in [7, 11) is 0. The molecule has 0 aromatic heterocycles. The zero-order valence-corrected chi connectivity index (χ0v) is 10.1. The Morgan fingerprint density at radius 3 is 2.40 bits per heavy atom. The van der Waals surface area contributed by atoms with Crippen molar-refractivity contribution in [3.05, 3.63) is 0 Å². The standard InChI is InChI=1S/C11H19NO2S/c1-2-3-4-5-6-7-8-9-10(13)12-11(14)15-9/h9H,2-8H2,1H3,(H,12,13,14). The fourth-order valence-electron chi connectivity index (χ4n) is 1.69. The van der Waals surface area contributed by atoms with Crippen molar-refractivity contribution in [2.45, 2.75) is 57.1 Å². The summed E-state index contributed by atoms with van der Waals surface area (Å²) in [5.74, 6) is -0.0986. The van der Waals surface area contributed by atoms with E-state index in [0.717, 1.165) is 24.6 Å². The second-order valence-corrected chi connectivity index (χ2v) is 5.12. The highest BCUT2D eigenvalue weighted by atomic mass is 32.2. The Hall–Kier alpha value is -0.510. The molecule has 3 nitrogen and oxygen atoms in total. The van der Waals surface area contributed by atoms with Crippen molar-refractivity contribution in [2.75, 3.05) is 0 Å². The fourth-order valence-corrected chi connectivity index (χ4v) is 2.56. The molecule has 0 spiro atoms. The van der Waals surface area contributed by atoms with E-state index in [1.54, 1.807) is 0 Å². The average Bonchev–Trinajstić information content (AvgIpc) is 2.51. The number of hydrogen-bond acceptors (Lipinski definition) is 3. The molecule has 1 rings (SSSR count). The molecule has 0 radical (unpaired) electrons. The van der Waals surface area contributed by atoms with Crippen molar-refractivity contribution in [1.82, 2.24) is 5.32 Å². The predicted molar refractivity (Wildman–Crippen MR) is 62.9 cm³/mol. The highest BCUT2D eigenvalue weighted by Crippen LogP contribution is 2.24. The van der Waals surface area contributed by atoms with Gasteiger partial charge in [0.15, 0.2) is 0 Å². The van der Waals surface area contributed by atoms with E-state index in [1.165, 1.54) is 32.1 Å². The third-order valence-electron chi connectivity index (χ3n) is 2.59. The van der Waals surface area contributed by atoms with Crippen molar-refractivity contribution in [2.24, 2.45) is 0 Å². The molecule has 1 saturated heterocycles. The Morgan fingerprint density at radius 1 is 1.13 bits per heavy atom. The van der Waals surface area contributed by atoms with Crippen LogP contribution in [0.4, 0.5) is 4.79 Å². The highest BCUT2D eigenvalue weighted by Gasteiger charge is 2.30. The number of unbranched alkanes of at least 4 members (excludes halogenated alkanes) is 5. The van der Waals surface area contributed by atoms with Crippen LogP contribution in [0.5, 0.6) is 0 Å². The zero-order valence-electron chi connectivity index (χ0n) is 9.25. The van der Waals surface area contributed by atoms with Gasteiger partial charge in [0.25, 0.3) is 5.24 Å². The fraction of sp³-hybridized carbons (Fsp3) is 0.818. The zero-order chi connectivity index (χ0) is 11.1. The van der Waals surface area contributed by atoms with Crippen LogP contribution in [0.3, 0.4) is 0 Å². The molecule has 2 amide bonds. The molecule has 1 heterocycles. The summed E-state index contributed by atoms with van der Waals surface area (Å²) in [5, 5.41) is 2.01. The number of hydrogen-bond donors (Lipinski definition) is 1. The van der Waals surface area contributed by atoms with Gasteiger partial charge in [0.1, 0.15) is 0 Å². The van der Waals surface area contributed by atoms with Crippen LogP contribution in [0, 0.1) is 0 Å². The van der Waals surface area contributed by atoms with Gasteiger partial charge in [-0.15, -0.1) is 0 Å². The van der Waals surface area contributed by atoms with Crippen molar-refractivity contribution >= 4 is 22.9 Å². The molecule has 0 aromatic carbocycles. The third kappa shape index (κ3) is 4.69. The minimum Gasteiger partial charge on any atom is -0.286 e. The van der Waals surface area contributed by atoms with Crippen LogP contribution in [0.2, 0.25) is 0 Å². The Kier molecular flexibility index (Phi) is 5.76. The van der Waals surface area contributed by atoms with Gasteiger partial charge >= 0.3 is 0 Å². The largest absolute Gasteiger partial charge is 0.286 e. The summed E-state index contributed by atoms with van der Waals surface area (Å²) >= 11 is 1.14. The molecule has 0 bridgehead atoms. The molecule has 0 aromatic rings. The van der Waals surface area contributed by atoms with Gasteiger partial charge in [-0.2, -0.15) is 0 Å². The lowest BCUT2D eigenvalue weighted by molar-refractivity contribution is -0.119. The SMILES string of the molecule is CCCCCCCCC1SC(=O)NC1=O. The first-order valence-corrected chi connectivity index (χ1v) is 6.63. The Bertz CT molecular complexity index is 231. The van der Waals surface area contributed by atoms with Gasteiger partial charge in [-0.3, -0.25) is 14.9 Å². The van der Waals surface area contributed by atoms with Crippen molar-refractivity contribution < 1.29 is 9.59 Å². The molecule has 1 N–H and O–H groups in total. The summed E-state index contributed by atoms with van der Waals surface area (Å²) in [5.41, 5.74) is 0. The number of thioether (sulfide) groups is 1. The Labute approximate surface area is 95.4 Å². The second kappa shape index (κ2) is 6.88. The monoisotopic (exact) mass is 229 g/mol. The van der Waals surface area contributed by atoms with Crippen LogP contribution in [0.25, 0.3) is 0 Å². The lowest BCUT2D eigenvalue weighted by Crippen LogP contribution is -2.23. The molecular formula is C11H19NO2S. The normalized spacial score (nSPS) is 20.7. The lowest BCUT2D eigenvalue weighted by Gasteiger charge is -2.04. The van der Waals surface area contributed by atoms with Crippen LogP contribution >= 0.6 is 11.8 Å². The van der Waals surface area contributed by atoms with Gasteiger partial charge in [-0.1, -0.05) is 57.2 Å². The Morgan fingerprint density at radius 2 is 1.80 bits per heavy atom. The van der Waals surface area contributed by atoms with Gasteiger partial charge in [-0.05, 0) is 6.42 Å².